The fraction of sp³-hybridized carbons (Fsp3) is 0.375. The van der Waals surface area contributed by atoms with Gasteiger partial charge in [-0.15, -0.1) is 0 Å². The third kappa shape index (κ3) is 4.26. The Labute approximate surface area is 181 Å². The number of fused-ring (bicyclic) bond motifs is 2. The zero-order valence-corrected chi connectivity index (χ0v) is 17.8. The fourth-order valence-electron chi connectivity index (χ4n) is 3.97. The van der Waals surface area contributed by atoms with E-state index >= 15 is 0 Å². The number of imide groups is 1. The van der Waals surface area contributed by atoms with Crippen molar-refractivity contribution in [3.05, 3.63) is 58.7 Å². The van der Waals surface area contributed by atoms with Gasteiger partial charge in [-0.05, 0) is 49.6 Å². The van der Waals surface area contributed by atoms with E-state index in [4.69, 9.17) is 9.47 Å². The number of aryl methyl sites for hydroxylation is 1. The number of nitrogens with zero attached hydrogens (tertiary/aromatic N) is 1. The Hall–Kier alpha value is -3.35. The molecule has 0 spiro atoms. The molecule has 162 valence electrons. The van der Waals surface area contributed by atoms with E-state index in [1.54, 1.807) is 12.1 Å². The Morgan fingerprint density at radius 2 is 1.77 bits per heavy atom. The molecule has 0 saturated heterocycles. The van der Waals surface area contributed by atoms with Crippen molar-refractivity contribution in [1.29, 1.82) is 0 Å². The highest BCUT2D eigenvalue weighted by molar-refractivity contribution is 6.21. The Kier molecular flexibility index (Phi) is 5.93. The Bertz CT molecular complexity index is 1030. The van der Waals surface area contributed by atoms with Gasteiger partial charge in [-0.1, -0.05) is 24.6 Å². The standard InChI is InChI=1S/C24H26N2O5/c1-3-19(16-7-9-20-21(14-16)31-12-11-30-20)25-22(27)5-4-10-26-23(28)17-8-6-15(2)13-18(17)24(26)29/h6-9,13-14,19H,3-5,10-12H2,1-2H3,(H,25,27). The molecule has 0 saturated carbocycles. The fourth-order valence-corrected chi connectivity index (χ4v) is 3.97. The minimum atomic E-state index is -0.289. The number of carbonyl (C=O) groups is 3. The smallest absolute Gasteiger partial charge is 0.261 e. The molecule has 0 fully saturated rings. The highest BCUT2D eigenvalue weighted by atomic mass is 16.6. The second-order valence-electron chi connectivity index (χ2n) is 7.85. The second-order valence-corrected chi connectivity index (χ2v) is 7.85. The summed E-state index contributed by atoms with van der Waals surface area (Å²) in [6.07, 6.45) is 1.37. The third-order valence-electron chi connectivity index (χ3n) is 5.62. The Morgan fingerprint density at radius 1 is 1.03 bits per heavy atom. The van der Waals surface area contributed by atoms with Crippen LogP contribution in [0.1, 0.15) is 64.1 Å². The Morgan fingerprint density at radius 3 is 2.55 bits per heavy atom. The summed E-state index contributed by atoms with van der Waals surface area (Å²) >= 11 is 0. The topological polar surface area (TPSA) is 84.9 Å². The lowest BCUT2D eigenvalue weighted by Gasteiger charge is -2.22. The van der Waals surface area contributed by atoms with E-state index in [1.807, 2.05) is 38.1 Å². The van der Waals surface area contributed by atoms with Crippen LogP contribution in [0.15, 0.2) is 36.4 Å². The normalized spacial score (nSPS) is 15.6. The number of carbonyl (C=O) groups excluding carboxylic acids is 3. The summed E-state index contributed by atoms with van der Waals surface area (Å²) in [6, 6.07) is 10.8. The summed E-state index contributed by atoms with van der Waals surface area (Å²) < 4.78 is 11.2. The van der Waals surface area contributed by atoms with Crippen molar-refractivity contribution in [2.24, 2.45) is 0 Å². The van der Waals surface area contributed by atoms with Gasteiger partial charge in [0.05, 0.1) is 17.2 Å². The lowest BCUT2D eigenvalue weighted by Crippen LogP contribution is -2.32. The maximum Gasteiger partial charge on any atom is 0.261 e. The van der Waals surface area contributed by atoms with E-state index in [1.165, 1.54) is 4.90 Å². The monoisotopic (exact) mass is 422 g/mol. The SMILES string of the molecule is CCC(NC(=O)CCCN1C(=O)c2ccc(C)cc2C1=O)c1ccc2c(c1)OCCO2. The molecule has 2 heterocycles. The molecule has 1 unspecified atom stereocenters. The molecule has 7 nitrogen and oxygen atoms in total. The average Bonchev–Trinajstić information content (AvgIpc) is 3.01. The van der Waals surface area contributed by atoms with Gasteiger partial charge >= 0.3 is 0 Å². The lowest BCUT2D eigenvalue weighted by atomic mass is 10.0. The molecule has 0 radical (unpaired) electrons. The van der Waals surface area contributed by atoms with E-state index < -0.39 is 0 Å². The summed E-state index contributed by atoms with van der Waals surface area (Å²) in [5.41, 5.74) is 2.77. The molecule has 1 atom stereocenters. The predicted molar refractivity (Wildman–Crippen MR) is 114 cm³/mol. The van der Waals surface area contributed by atoms with Crippen molar-refractivity contribution < 1.29 is 23.9 Å². The number of amides is 3. The van der Waals surface area contributed by atoms with Gasteiger partial charge in [0.2, 0.25) is 5.91 Å². The maximum atomic E-state index is 12.5. The summed E-state index contributed by atoms with van der Waals surface area (Å²) in [5, 5.41) is 3.04. The van der Waals surface area contributed by atoms with Gasteiger partial charge in [0.1, 0.15) is 13.2 Å². The molecule has 3 amide bonds. The molecule has 2 aromatic carbocycles. The number of benzene rings is 2. The minimum absolute atomic E-state index is 0.116. The number of hydrogen-bond acceptors (Lipinski definition) is 5. The van der Waals surface area contributed by atoms with E-state index in [0.717, 1.165) is 17.5 Å². The first-order valence-corrected chi connectivity index (χ1v) is 10.6. The first-order chi connectivity index (χ1) is 15.0. The molecule has 31 heavy (non-hydrogen) atoms. The van der Waals surface area contributed by atoms with E-state index in [9.17, 15) is 14.4 Å². The van der Waals surface area contributed by atoms with Crippen LogP contribution in [0.4, 0.5) is 0 Å². The van der Waals surface area contributed by atoms with Crippen molar-refractivity contribution in [1.82, 2.24) is 10.2 Å². The third-order valence-corrected chi connectivity index (χ3v) is 5.62. The van der Waals surface area contributed by atoms with Crippen molar-refractivity contribution in [2.75, 3.05) is 19.8 Å². The van der Waals surface area contributed by atoms with Crippen LogP contribution in [-0.4, -0.2) is 42.4 Å². The number of hydrogen-bond donors (Lipinski definition) is 1. The number of nitrogens with one attached hydrogen (secondary N) is 1. The molecule has 2 aromatic rings. The van der Waals surface area contributed by atoms with Crippen LogP contribution in [0.5, 0.6) is 11.5 Å². The highest BCUT2D eigenvalue weighted by Crippen LogP contribution is 2.33. The van der Waals surface area contributed by atoms with Gasteiger partial charge in [0, 0.05) is 13.0 Å². The summed E-state index contributed by atoms with van der Waals surface area (Å²) in [5.74, 6) is 0.716. The number of rotatable bonds is 7. The van der Waals surface area contributed by atoms with Crippen LogP contribution in [0.3, 0.4) is 0 Å². The minimum Gasteiger partial charge on any atom is -0.486 e. The molecule has 2 aliphatic heterocycles. The summed E-state index contributed by atoms with van der Waals surface area (Å²) in [6.45, 7) is 5.16. The highest BCUT2D eigenvalue weighted by Gasteiger charge is 2.35. The number of ether oxygens (including phenoxy) is 2. The van der Waals surface area contributed by atoms with Crippen LogP contribution >= 0.6 is 0 Å². The average molecular weight is 422 g/mol. The van der Waals surface area contributed by atoms with Crippen LogP contribution < -0.4 is 14.8 Å². The van der Waals surface area contributed by atoms with Gasteiger partial charge in [-0.25, -0.2) is 0 Å². The van der Waals surface area contributed by atoms with Crippen molar-refractivity contribution in [3.8, 4) is 11.5 Å². The van der Waals surface area contributed by atoms with Crippen molar-refractivity contribution in [3.63, 3.8) is 0 Å². The molecular weight excluding hydrogens is 396 g/mol. The zero-order valence-electron chi connectivity index (χ0n) is 17.8. The molecular formula is C24H26N2O5. The molecule has 0 aliphatic carbocycles. The molecule has 2 aliphatic rings. The molecule has 4 rings (SSSR count). The second kappa shape index (κ2) is 8.79. The first-order valence-electron chi connectivity index (χ1n) is 10.6. The van der Waals surface area contributed by atoms with Crippen LogP contribution in [-0.2, 0) is 4.79 Å². The largest absolute Gasteiger partial charge is 0.486 e. The first kappa shape index (κ1) is 20.9. The van der Waals surface area contributed by atoms with Crippen LogP contribution in [0.25, 0.3) is 0 Å². The van der Waals surface area contributed by atoms with E-state index in [-0.39, 0.29) is 36.7 Å². The lowest BCUT2D eigenvalue weighted by molar-refractivity contribution is -0.122. The summed E-state index contributed by atoms with van der Waals surface area (Å²) in [7, 11) is 0. The zero-order chi connectivity index (χ0) is 22.0. The molecule has 0 bridgehead atoms. The van der Waals surface area contributed by atoms with E-state index in [0.29, 0.717) is 42.3 Å². The van der Waals surface area contributed by atoms with Crippen LogP contribution in [0, 0.1) is 6.92 Å². The van der Waals surface area contributed by atoms with Gasteiger partial charge in [0.25, 0.3) is 11.8 Å². The molecule has 0 aromatic heterocycles. The maximum absolute atomic E-state index is 12.5. The predicted octanol–water partition coefficient (Wildman–Crippen LogP) is 3.41. The van der Waals surface area contributed by atoms with Crippen molar-refractivity contribution in [2.45, 2.75) is 39.2 Å². The van der Waals surface area contributed by atoms with Crippen molar-refractivity contribution >= 4 is 17.7 Å². The Balaban J connectivity index is 1.32. The van der Waals surface area contributed by atoms with Gasteiger partial charge in [-0.3, -0.25) is 19.3 Å². The van der Waals surface area contributed by atoms with Gasteiger partial charge in [-0.2, -0.15) is 0 Å². The van der Waals surface area contributed by atoms with Gasteiger partial charge < -0.3 is 14.8 Å². The summed E-state index contributed by atoms with van der Waals surface area (Å²) in [4.78, 5) is 38.8. The van der Waals surface area contributed by atoms with Crippen LogP contribution in [0.2, 0.25) is 0 Å². The molecule has 7 heteroatoms. The van der Waals surface area contributed by atoms with E-state index in [2.05, 4.69) is 5.32 Å². The molecule has 1 N–H and O–H groups in total. The quantitative estimate of drug-likeness (QED) is 0.691. The van der Waals surface area contributed by atoms with Gasteiger partial charge in [0.15, 0.2) is 11.5 Å².